The van der Waals surface area contributed by atoms with Gasteiger partial charge in [0.05, 0.1) is 0 Å². The van der Waals surface area contributed by atoms with Gasteiger partial charge in [0.15, 0.2) is 0 Å². The van der Waals surface area contributed by atoms with Crippen LogP contribution < -0.4 is 0 Å². The quantitative estimate of drug-likeness (QED) is 0.143. The molecule has 0 aliphatic heterocycles. The molecule has 0 rings (SSSR count). The van der Waals surface area contributed by atoms with Crippen molar-refractivity contribution in [1.82, 2.24) is 0 Å². The van der Waals surface area contributed by atoms with Crippen molar-refractivity contribution in [2.75, 3.05) is 0 Å². The van der Waals surface area contributed by atoms with Gasteiger partial charge in [0, 0.05) is 0 Å². The summed E-state index contributed by atoms with van der Waals surface area (Å²) in [6, 6.07) is 0. The van der Waals surface area contributed by atoms with Crippen molar-refractivity contribution in [3.8, 4) is 0 Å². The Labute approximate surface area is 142 Å². The molecule has 0 saturated heterocycles. The van der Waals surface area contributed by atoms with Crippen LogP contribution in [-0.2, 0) is 0 Å². The Morgan fingerprint density at radius 2 is 0.160 bits per heavy atom. The molecule has 0 aromatic rings. The summed E-state index contributed by atoms with van der Waals surface area (Å²) >= 11 is 0. The molecule has 160 valence electrons. The maximum atomic E-state index is 7.33. The maximum absolute atomic E-state index is 7.33. The smallest absolute Gasteiger partial charge is 0.368 e. The summed E-state index contributed by atoms with van der Waals surface area (Å²) in [5.74, 6) is 0. The topological polar surface area (TPSA) is 405 Å². The molecule has 0 radical (unpaired) electrons. The van der Waals surface area contributed by atoms with Gasteiger partial charge in [-0.3, -0.25) is 0 Å². The first kappa shape index (κ1) is 36.2. The van der Waals surface area contributed by atoms with Gasteiger partial charge in [0.2, 0.25) is 0 Å². The van der Waals surface area contributed by atoms with E-state index in [2.05, 4.69) is 0 Å². The Morgan fingerprint density at radius 1 is 0.160 bits per heavy atom. The monoisotopic (exact) mass is 480 g/mol. The third-order valence-electron chi connectivity index (χ3n) is 0. The molecule has 0 heterocycles. The molecule has 0 bridgehead atoms. The average molecular weight is 481 g/mol. The van der Waals surface area contributed by atoms with E-state index in [0.29, 0.717) is 0 Å². The van der Waals surface area contributed by atoms with Crippen LogP contribution in [-0.4, -0.2) is 141 Å². The predicted molar refractivity (Wildman–Crippen MR) is 73.1 cm³/mol. The molecule has 0 atom stereocenters. The minimum absolute atomic E-state index is 4.61. The highest BCUT2D eigenvalue weighted by atomic mass is 28.4. The number of rotatable bonds is 0. The molecule has 0 unspecified atom stereocenters. The zero-order valence-corrected chi connectivity index (χ0v) is 16.4. The van der Waals surface area contributed by atoms with Crippen molar-refractivity contribution in [2.45, 2.75) is 0 Å². The van der Waals surface area contributed by atoms with Gasteiger partial charge in [-0.1, -0.05) is 0 Å². The van der Waals surface area contributed by atoms with Gasteiger partial charge in [-0.05, 0) is 0 Å². The van der Waals surface area contributed by atoms with Crippen LogP contribution in [0.1, 0.15) is 0 Å². The molecule has 0 aliphatic carbocycles. The SMILES string of the molecule is O[Si](O)(O)O.O[Si](O)(O)O.O[Si](O)(O)O.O[Si](O)(O)O.O[Si](O)(O)O. The Bertz CT molecular complexity index is 165. The molecule has 25 heavy (non-hydrogen) atoms. The van der Waals surface area contributed by atoms with Gasteiger partial charge >= 0.3 is 45.2 Å². The van der Waals surface area contributed by atoms with E-state index in [4.69, 9.17) is 95.9 Å². The van der Waals surface area contributed by atoms with Crippen molar-refractivity contribution in [1.29, 1.82) is 0 Å². The van der Waals surface area contributed by atoms with Crippen LogP contribution in [0.3, 0.4) is 0 Å². The molecule has 0 spiro atoms. The lowest BCUT2D eigenvalue weighted by Gasteiger charge is -1.91. The van der Waals surface area contributed by atoms with Gasteiger partial charge in [-0.15, -0.1) is 0 Å². The molecule has 0 aliphatic rings. The van der Waals surface area contributed by atoms with E-state index in [0.717, 1.165) is 0 Å². The fraction of sp³-hybridized carbons (Fsp3) is 0. The summed E-state index contributed by atoms with van der Waals surface area (Å²) in [4.78, 5) is 147. The molecule has 20 nitrogen and oxygen atoms in total. The number of hydrogen-bond donors (Lipinski definition) is 20. The third kappa shape index (κ3) is 149000. The highest BCUT2D eigenvalue weighted by molar-refractivity contribution is 6.47. The second-order valence-electron chi connectivity index (χ2n) is 3.00. The molecular formula is H20O20Si5. The molecule has 0 saturated carbocycles. The van der Waals surface area contributed by atoms with E-state index >= 15 is 0 Å². The molecule has 0 aromatic carbocycles. The van der Waals surface area contributed by atoms with Crippen molar-refractivity contribution in [2.24, 2.45) is 0 Å². The summed E-state index contributed by atoms with van der Waals surface area (Å²) in [5, 5.41) is 0. The van der Waals surface area contributed by atoms with Crippen molar-refractivity contribution in [3.63, 3.8) is 0 Å². The first-order chi connectivity index (χ1) is 10.0. The van der Waals surface area contributed by atoms with Crippen LogP contribution in [0.4, 0.5) is 0 Å². The Kier molecular flexibility index (Phi) is 20.8. The highest BCUT2D eigenvalue weighted by Crippen LogP contribution is 1.69. The highest BCUT2D eigenvalue weighted by Gasteiger charge is 2.23. The van der Waals surface area contributed by atoms with E-state index in [1.165, 1.54) is 0 Å². The largest absolute Gasteiger partial charge is 0.668 e. The Balaban J connectivity index is -0.0000000667. The number of hydrogen-bond acceptors (Lipinski definition) is 20. The fourth-order valence-corrected chi connectivity index (χ4v) is 0. The van der Waals surface area contributed by atoms with E-state index in [1.807, 2.05) is 0 Å². The second kappa shape index (κ2) is 14.4. The Hall–Kier alpha value is 0.284. The molecular weight excluding hydrogens is 460 g/mol. The van der Waals surface area contributed by atoms with Gasteiger partial charge < -0.3 is 95.9 Å². The van der Waals surface area contributed by atoms with Crippen molar-refractivity contribution in [3.05, 3.63) is 0 Å². The lowest BCUT2D eigenvalue weighted by atomic mass is 15.7. The van der Waals surface area contributed by atoms with Gasteiger partial charge in [0.25, 0.3) is 0 Å². The zero-order valence-electron chi connectivity index (χ0n) is 11.4. The molecule has 0 aromatic heterocycles. The summed E-state index contributed by atoms with van der Waals surface area (Å²) in [5.41, 5.74) is 0. The average Bonchev–Trinajstić information content (AvgIpc) is 1.79. The first-order valence-corrected chi connectivity index (χ1v) is 13.4. The predicted octanol–water partition coefficient (Wildman–Crippen LogP) is -13.0. The summed E-state index contributed by atoms with van der Waals surface area (Å²) < 4.78 is 0. The van der Waals surface area contributed by atoms with Crippen LogP contribution in [0.2, 0.25) is 0 Å². The molecule has 20 N–H and O–H groups in total. The van der Waals surface area contributed by atoms with E-state index in [9.17, 15) is 0 Å². The lowest BCUT2D eigenvalue weighted by Crippen LogP contribution is -2.33. The van der Waals surface area contributed by atoms with E-state index in [1.54, 1.807) is 0 Å². The molecule has 0 amide bonds. The van der Waals surface area contributed by atoms with E-state index in [-0.39, 0.29) is 0 Å². The zero-order chi connectivity index (χ0) is 22.5. The summed E-state index contributed by atoms with van der Waals surface area (Å²) in [6.45, 7) is 0. The third-order valence-corrected chi connectivity index (χ3v) is 0. The van der Waals surface area contributed by atoms with Crippen molar-refractivity contribution < 1.29 is 95.9 Å². The normalized spacial score (nSPS) is 12.0. The molecule has 0 fully saturated rings. The first-order valence-electron chi connectivity index (χ1n) is 4.47. The minimum Gasteiger partial charge on any atom is -0.368 e. The van der Waals surface area contributed by atoms with Crippen LogP contribution in [0.25, 0.3) is 0 Å². The fourth-order valence-electron chi connectivity index (χ4n) is 0. The van der Waals surface area contributed by atoms with Crippen molar-refractivity contribution >= 4 is 45.2 Å². The maximum Gasteiger partial charge on any atom is 0.668 e. The lowest BCUT2D eigenvalue weighted by molar-refractivity contribution is 0.115. The second-order valence-corrected chi connectivity index (χ2v) is 9.00. The van der Waals surface area contributed by atoms with E-state index < -0.39 is 45.2 Å². The van der Waals surface area contributed by atoms with Crippen LogP contribution >= 0.6 is 0 Å². The standard InChI is InChI=1S/5H4O4Si/c5*1-5(2,3)4/h5*1-4H. The van der Waals surface area contributed by atoms with Gasteiger partial charge in [-0.25, -0.2) is 0 Å². The van der Waals surface area contributed by atoms with Crippen LogP contribution in [0, 0.1) is 0 Å². The van der Waals surface area contributed by atoms with Gasteiger partial charge in [-0.2, -0.15) is 0 Å². The summed E-state index contributed by atoms with van der Waals surface area (Å²) in [7, 11) is -23.1. The molecule has 25 heteroatoms. The van der Waals surface area contributed by atoms with Crippen LogP contribution in [0.15, 0.2) is 0 Å². The summed E-state index contributed by atoms with van der Waals surface area (Å²) in [6.07, 6.45) is 0. The van der Waals surface area contributed by atoms with Crippen LogP contribution in [0.5, 0.6) is 0 Å². The van der Waals surface area contributed by atoms with Gasteiger partial charge in [0.1, 0.15) is 0 Å². The minimum atomic E-state index is -4.61. The Morgan fingerprint density at radius 3 is 0.160 bits per heavy atom.